The summed E-state index contributed by atoms with van der Waals surface area (Å²) in [6.45, 7) is 9.16. The molecule has 0 amide bonds. The molecule has 1 N–H and O–H groups in total. The Labute approximate surface area is 257 Å². The molecule has 0 bridgehead atoms. The fourth-order valence-electron chi connectivity index (χ4n) is 6.68. The van der Waals surface area contributed by atoms with Gasteiger partial charge in [0.15, 0.2) is 0 Å². The van der Waals surface area contributed by atoms with Gasteiger partial charge in [0.2, 0.25) is 10.0 Å². The van der Waals surface area contributed by atoms with E-state index in [-0.39, 0.29) is 24.1 Å². The van der Waals surface area contributed by atoms with Gasteiger partial charge in [0.05, 0.1) is 24.9 Å². The van der Waals surface area contributed by atoms with Gasteiger partial charge in [-0.15, -0.1) is 0 Å². The van der Waals surface area contributed by atoms with Crippen LogP contribution >= 0.6 is 0 Å². The lowest BCUT2D eigenvalue weighted by atomic mass is 9.90. The molecule has 2 aliphatic heterocycles. The number of nitrogens with zero attached hydrogens (tertiary/aromatic N) is 1. The number of sulfonamides is 1. The number of carboxylic acid groups (broad SMARTS) is 1. The van der Waals surface area contributed by atoms with Crippen LogP contribution in [-0.2, 0) is 21.2 Å². The molecular formula is C34H38FNO7S. The summed E-state index contributed by atoms with van der Waals surface area (Å²) in [4.78, 5) is 11.2. The van der Waals surface area contributed by atoms with Crippen molar-refractivity contribution in [1.29, 1.82) is 0 Å². The minimum atomic E-state index is -3.23. The van der Waals surface area contributed by atoms with Crippen molar-refractivity contribution in [2.45, 2.75) is 64.2 Å². The molecule has 10 heteroatoms. The van der Waals surface area contributed by atoms with E-state index in [9.17, 15) is 18.3 Å². The molecule has 2 atom stereocenters. The molecule has 6 rings (SSSR count). The van der Waals surface area contributed by atoms with Gasteiger partial charge >= 0.3 is 5.97 Å². The zero-order valence-electron chi connectivity index (χ0n) is 25.4. The molecule has 44 heavy (non-hydrogen) atoms. The van der Waals surface area contributed by atoms with Crippen molar-refractivity contribution in [3.8, 4) is 28.4 Å². The van der Waals surface area contributed by atoms with Crippen LogP contribution in [0.25, 0.3) is 11.1 Å². The molecule has 1 fully saturated rings. The number of halogens is 1. The molecule has 1 aliphatic carbocycles. The van der Waals surface area contributed by atoms with Gasteiger partial charge in [-0.3, -0.25) is 4.79 Å². The number of carbonyl (C=O) groups is 1. The first kappa shape index (κ1) is 30.4. The Hall–Kier alpha value is -3.63. The number of carboxylic acids is 1. The number of hydrogen-bond acceptors (Lipinski definition) is 6. The highest BCUT2D eigenvalue weighted by molar-refractivity contribution is 7.89. The van der Waals surface area contributed by atoms with Crippen molar-refractivity contribution in [3.05, 3.63) is 76.1 Å². The number of aryl methyl sites for hydroxylation is 2. The average molecular weight is 624 g/mol. The summed E-state index contributed by atoms with van der Waals surface area (Å²) in [7, 11) is -3.23. The number of fused-ring (bicyclic) bond motifs is 2. The summed E-state index contributed by atoms with van der Waals surface area (Å²) < 4.78 is 59.6. The van der Waals surface area contributed by atoms with Gasteiger partial charge in [-0.1, -0.05) is 12.1 Å². The quantitative estimate of drug-likeness (QED) is 0.288. The van der Waals surface area contributed by atoms with Crippen LogP contribution in [0.15, 0.2) is 42.5 Å². The molecule has 3 aliphatic rings. The van der Waals surface area contributed by atoms with E-state index in [2.05, 4.69) is 0 Å². The molecule has 0 saturated carbocycles. The fourth-order valence-corrected chi connectivity index (χ4v) is 8.11. The maximum absolute atomic E-state index is 15.3. The van der Waals surface area contributed by atoms with Gasteiger partial charge in [-0.05, 0) is 92.6 Å². The topological polar surface area (TPSA) is 102 Å². The smallest absolute Gasteiger partial charge is 0.304 e. The third-order valence-corrected chi connectivity index (χ3v) is 11.2. The van der Waals surface area contributed by atoms with Crippen LogP contribution in [-0.4, -0.2) is 55.4 Å². The number of hydrogen-bond donors (Lipinski definition) is 1. The van der Waals surface area contributed by atoms with E-state index in [0.717, 1.165) is 39.1 Å². The Kier molecular flexibility index (Phi) is 8.09. The lowest BCUT2D eigenvalue weighted by Gasteiger charge is -2.38. The number of benzene rings is 3. The predicted molar refractivity (Wildman–Crippen MR) is 165 cm³/mol. The number of aliphatic carboxylic acids is 1. The standard InChI is InChI=1S/C34H38FNO7S/c1-19(2)44(39,40)36-15-22(16-36)17-41-25-11-20(3)33(21(4)12-25)27-7-9-29(35)34-28(27)8-10-30(34)43-24-5-6-26-23(13-32(37)38)18-42-31(26)14-24/h5-7,9,11-12,14,19,22-23,30H,8,10,13,15-18H2,1-4H3,(H,37,38)/t23-,30?/m1/s1. The Morgan fingerprint density at radius 2 is 1.82 bits per heavy atom. The van der Waals surface area contributed by atoms with Gasteiger partial charge in [-0.2, -0.15) is 0 Å². The van der Waals surface area contributed by atoms with E-state index in [0.29, 0.717) is 56.2 Å². The Morgan fingerprint density at radius 1 is 1.09 bits per heavy atom. The van der Waals surface area contributed by atoms with E-state index in [1.54, 1.807) is 26.0 Å². The minimum absolute atomic E-state index is 0.00720. The Balaban J connectivity index is 1.17. The van der Waals surface area contributed by atoms with E-state index < -0.39 is 27.3 Å². The highest BCUT2D eigenvalue weighted by atomic mass is 32.2. The lowest BCUT2D eigenvalue weighted by Crippen LogP contribution is -2.53. The number of rotatable bonds is 10. The molecule has 3 aromatic rings. The first-order valence-electron chi connectivity index (χ1n) is 15.1. The zero-order chi connectivity index (χ0) is 31.3. The van der Waals surface area contributed by atoms with Crippen molar-refractivity contribution in [3.63, 3.8) is 0 Å². The zero-order valence-corrected chi connectivity index (χ0v) is 26.2. The first-order chi connectivity index (χ1) is 20.9. The van der Waals surface area contributed by atoms with Crippen molar-refractivity contribution in [2.24, 2.45) is 5.92 Å². The molecule has 3 aromatic carbocycles. The van der Waals surface area contributed by atoms with Gasteiger partial charge in [0.25, 0.3) is 0 Å². The van der Waals surface area contributed by atoms with Crippen molar-refractivity contribution < 1.29 is 36.9 Å². The monoisotopic (exact) mass is 623 g/mol. The SMILES string of the molecule is Cc1cc(OCC2CN(S(=O)(=O)C(C)C)C2)cc(C)c1-c1ccc(F)c2c1CCC2Oc1ccc2c(c1)OC[C@H]2CC(=O)O. The van der Waals surface area contributed by atoms with Gasteiger partial charge in [-0.25, -0.2) is 17.1 Å². The number of ether oxygens (including phenoxy) is 3. The largest absolute Gasteiger partial charge is 0.493 e. The van der Waals surface area contributed by atoms with Crippen LogP contribution in [0.3, 0.4) is 0 Å². The van der Waals surface area contributed by atoms with Crippen LogP contribution in [0.4, 0.5) is 4.39 Å². The molecular weight excluding hydrogens is 585 g/mol. The Morgan fingerprint density at radius 3 is 2.50 bits per heavy atom. The van der Waals surface area contributed by atoms with Crippen molar-refractivity contribution in [1.82, 2.24) is 4.31 Å². The van der Waals surface area contributed by atoms with Crippen LogP contribution in [0.5, 0.6) is 17.2 Å². The maximum Gasteiger partial charge on any atom is 0.304 e. The van der Waals surface area contributed by atoms with Gasteiger partial charge in [0, 0.05) is 42.1 Å². The first-order valence-corrected chi connectivity index (χ1v) is 16.6. The predicted octanol–water partition coefficient (Wildman–Crippen LogP) is 6.18. The molecule has 0 spiro atoms. The third-order valence-electron chi connectivity index (χ3n) is 8.99. The highest BCUT2D eigenvalue weighted by Crippen LogP contribution is 2.45. The van der Waals surface area contributed by atoms with Crippen molar-refractivity contribution >= 4 is 16.0 Å². The molecule has 0 radical (unpaired) electrons. The summed E-state index contributed by atoms with van der Waals surface area (Å²) in [6, 6.07) is 12.8. The summed E-state index contributed by atoms with van der Waals surface area (Å²) in [5.74, 6) is 0.717. The van der Waals surface area contributed by atoms with Crippen LogP contribution in [0, 0.1) is 25.6 Å². The molecule has 8 nitrogen and oxygen atoms in total. The molecule has 2 heterocycles. The molecule has 1 unspecified atom stereocenters. The van der Waals surface area contributed by atoms with Gasteiger partial charge < -0.3 is 19.3 Å². The van der Waals surface area contributed by atoms with E-state index >= 15 is 4.39 Å². The Bertz CT molecular complexity index is 1690. The second kappa shape index (κ2) is 11.7. The fraction of sp³-hybridized carbons (Fsp3) is 0.441. The summed E-state index contributed by atoms with van der Waals surface area (Å²) in [5, 5.41) is 8.75. The highest BCUT2D eigenvalue weighted by Gasteiger charge is 2.38. The van der Waals surface area contributed by atoms with E-state index in [1.807, 2.05) is 38.1 Å². The summed E-state index contributed by atoms with van der Waals surface area (Å²) >= 11 is 0. The van der Waals surface area contributed by atoms with E-state index in [1.165, 1.54) is 10.4 Å². The van der Waals surface area contributed by atoms with Crippen molar-refractivity contribution in [2.75, 3.05) is 26.3 Å². The lowest BCUT2D eigenvalue weighted by molar-refractivity contribution is -0.137. The van der Waals surface area contributed by atoms with Gasteiger partial charge in [0.1, 0.15) is 29.2 Å². The minimum Gasteiger partial charge on any atom is -0.493 e. The normalized spacial score (nSPS) is 19.8. The second-order valence-corrected chi connectivity index (χ2v) is 14.9. The average Bonchev–Trinajstić information content (AvgIpc) is 3.53. The van der Waals surface area contributed by atoms with Crippen LogP contribution < -0.4 is 14.2 Å². The third kappa shape index (κ3) is 5.65. The van der Waals surface area contributed by atoms with Crippen LogP contribution in [0.2, 0.25) is 0 Å². The summed E-state index contributed by atoms with van der Waals surface area (Å²) in [6.07, 6.45) is 0.855. The van der Waals surface area contributed by atoms with Crippen LogP contribution in [0.1, 0.15) is 66.5 Å². The molecule has 234 valence electrons. The molecule has 0 aromatic heterocycles. The molecule has 1 saturated heterocycles. The maximum atomic E-state index is 15.3. The summed E-state index contributed by atoms with van der Waals surface area (Å²) in [5.41, 5.74) is 6.42. The second-order valence-electron chi connectivity index (χ2n) is 12.5. The van der Waals surface area contributed by atoms with E-state index in [4.69, 9.17) is 14.2 Å².